The van der Waals surface area contributed by atoms with Crippen molar-refractivity contribution in [2.24, 2.45) is 0 Å². The molecule has 1 aromatic rings. The van der Waals surface area contributed by atoms with Gasteiger partial charge >= 0.3 is 6.18 Å². The highest BCUT2D eigenvalue weighted by atomic mass is 127. The van der Waals surface area contributed by atoms with Gasteiger partial charge in [-0.2, -0.15) is 13.2 Å². The molecule has 0 aliphatic carbocycles. The Balaban J connectivity index is 3.39. The molecular formula is C9H4BrClF3IO. The van der Waals surface area contributed by atoms with Crippen molar-refractivity contribution in [3.63, 3.8) is 0 Å². The Morgan fingerprint density at radius 3 is 2.44 bits per heavy atom. The Labute approximate surface area is 117 Å². The molecule has 0 aliphatic heterocycles. The molecule has 7 heteroatoms. The number of rotatable bonds is 2. The van der Waals surface area contributed by atoms with Crippen molar-refractivity contribution in [2.75, 3.05) is 5.33 Å². The van der Waals surface area contributed by atoms with E-state index in [2.05, 4.69) is 15.9 Å². The van der Waals surface area contributed by atoms with E-state index < -0.39 is 22.5 Å². The van der Waals surface area contributed by atoms with Gasteiger partial charge in [0.05, 0.1) is 15.9 Å². The average molecular weight is 427 g/mol. The first-order valence-electron chi connectivity index (χ1n) is 3.92. The van der Waals surface area contributed by atoms with Crippen LogP contribution in [0.1, 0.15) is 15.9 Å². The molecule has 0 aliphatic rings. The van der Waals surface area contributed by atoms with Crippen LogP contribution in [-0.2, 0) is 6.18 Å². The molecule has 0 spiro atoms. The standard InChI is InChI=1S/C9H4BrClF3IO/c10-3-8(16)4-1-5(9(12,13)14)6(11)2-7(4)15/h1-2H,3H2. The van der Waals surface area contributed by atoms with Crippen molar-refractivity contribution in [3.8, 4) is 0 Å². The zero-order valence-corrected chi connectivity index (χ0v) is 12.0. The fourth-order valence-electron chi connectivity index (χ4n) is 1.05. The van der Waals surface area contributed by atoms with Gasteiger partial charge < -0.3 is 0 Å². The fraction of sp³-hybridized carbons (Fsp3) is 0.222. The summed E-state index contributed by atoms with van der Waals surface area (Å²) >= 11 is 10.2. The number of benzene rings is 1. The second-order valence-electron chi connectivity index (χ2n) is 2.87. The Hall–Kier alpha value is 0.180. The maximum Gasteiger partial charge on any atom is 0.417 e. The van der Waals surface area contributed by atoms with Crippen molar-refractivity contribution < 1.29 is 18.0 Å². The lowest BCUT2D eigenvalue weighted by Gasteiger charge is -2.11. The van der Waals surface area contributed by atoms with Gasteiger partial charge in [0.25, 0.3) is 0 Å². The monoisotopic (exact) mass is 426 g/mol. The van der Waals surface area contributed by atoms with Gasteiger partial charge in [-0.15, -0.1) is 0 Å². The Morgan fingerprint density at radius 2 is 2.00 bits per heavy atom. The molecule has 0 atom stereocenters. The summed E-state index contributed by atoms with van der Waals surface area (Å²) in [6.07, 6.45) is -4.55. The first kappa shape index (κ1) is 14.2. The van der Waals surface area contributed by atoms with Gasteiger partial charge in [-0.25, -0.2) is 0 Å². The Kier molecular flexibility index (Phi) is 4.65. The molecule has 0 radical (unpaired) electrons. The molecule has 0 aromatic heterocycles. The number of hydrogen-bond acceptors (Lipinski definition) is 1. The van der Waals surface area contributed by atoms with Crippen LogP contribution in [0.2, 0.25) is 5.02 Å². The molecule has 1 rings (SSSR count). The highest BCUT2D eigenvalue weighted by molar-refractivity contribution is 14.1. The number of carbonyl (C=O) groups excluding carboxylic acids is 1. The zero-order valence-electron chi connectivity index (χ0n) is 7.54. The van der Waals surface area contributed by atoms with Crippen LogP contribution in [0.15, 0.2) is 12.1 Å². The second-order valence-corrected chi connectivity index (χ2v) is 5.00. The third kappa shape index (κ3) is 3.10. The summed E-state index contributed by atoms with van der Waals surface area (Å²) < 4.78 is 38.0. The van der Waals surface area contributed by atoms with E-state index in [0.29, 0.717) is 3.57 Å². The quantitative estimate of drug-likeness (QED) is 0.385. The second kappa shape index (κ2) is 5.22. The summed E-state index contributed by atoms with van der Waals surface area (Å²) in [7, 11) is 0. The summed E-state index contributed by atoms with van der Waals surface area (Å²) in [5, 5.41) is -0.426. The number of Topliss-reactive ketones (excluding diaryl/α,β-unsaturated/α-hetero) is 1. The first-order chi connectivity index (χ1) is 7.27. The van der Waals surface area contributed by atoms with Crippen LogP contribution in [0.4, 0.5) is 13.2 Å². The van der Waals surface area contributed by atoms with Crippen molar-refractivity contribution in [1.29, 1.82) is 0 Å². The van der Waals surface area contributed by atoms with Crippen LogP contribution in [0.5, 0.6) is 0 Å². The first-order valence-corrected chi connectivity index (χ1v) is 6.50. The van der Waals surface area contributed by atoms with E-state index in [0.717, 1.165) is 12.1 Å². The van der Waals surface area contributed by atoms with Crippen LogP contribution < -0.4 is 0 Å². The van der Waals surface area contributed by atoms with E-state index in [1.165, 1.54) is 0 Å². The predicted molar refractivity (Wildman–Crippen MR) is 67.3 cm³/mol. The maximum atomic E-state index is 12.5. The van der Waals surface area contributed by atoms with Gasteiger partial charge in [0.15, 0.2) is 5.78 Å². The van der Waals surface area contributed by atoms with Crippen LogP contribution in [0.25, 0.3) is 0 Å². The highest BCUT2D eigenvalue weighted by Crippen LogP contribution is 2.36. The topological polar surface area (TPSA) is 17.1 Å². The fourth-order valence-corrected chi connectivity index (χ4v) is 2.58. The molecule has 0 saturated carbocycles. The van der Waals surface area contributed by atoms with Crippen molar-refractivity contribution in [3.05, 3.63) is 31.9 Å². The molecule has 1 aromatic carbocycles. The lowest BCUT2D eigenvalue weighted by Crippen LogP contribution is -2.10. The van der Waals surface area contributed by atoms with Gasteiger partial charge in [-0.1, -0.05) is 27.5 Å². The average Bonchev–Trinajstić information content (AvgIpc) is 2.14. The molecule has 0 amide bonds. The SMILES string of the molecule is O=C(CBr)c1cc(C(F)(F)F)c(Cl)cc1I. The third-order valence-electron chi connectivity index (χ3n) is 1.78. The number of halogens is 6. The smallest absolute Gasteiger partial charge is 0.293 e. The molecule has 1 nitrogen and oxygen atoms in total. The molecule has 0 N–H and O–H groups in total. The van der Waals surface area contributed by atoms with Gasteiger partial charge in [0.1, 0.15) is 0 Å². The highest BCUT2D eigenvalue weighted by Gasteiger charge is 2.34. The Morgan fingerprint density at radius 1 is 1.44 bits per heavy atom. The molecule has 0 saturated heterocycles. The van der Waals surface area contributed by atoms with Gasteiger partial charge in [0, 0.05) is 9.13 Å². The maximum absolute atomic E-state index is 12.5. The molecule has 88 valence electrons. The number of carbonyl (C=O) groups is 1. The number of ketones is 1. The summed E-state index contributed by atoms with van der Waals surface area (Å²) in [6.45, 7) is 0. The summed E-state index contributed by atoms with van der Waals surface area (Å²) in [5.41, 5.74) is -0.965. The minimum Gasteiger partial charge on any atom is -0.293 e. The van der Waals surface area contributed by atoms with E-state index in [4.69, 9.17) is 11.6 Å². The van der Waals surface area contributed by atoms with Crippen molar-refractivity contribution in [1.82, 2.24) is 0 Å². The van der Waals surface area contributed by atoms with E-state index in [1.807, 2.05) is 0 Å². The zero-order chi connectivity index (χ0) is 12.5. The third-order valence-corrected chi connectivity index (χ3v) is 3.50. The van der Waals surface area contributed by atoms with Crippen LogP contribution >= 0.6 is 50.1 Å². The number of hydrogen-bond donors (Lipinski definition) is 0. The van der Waals surface area contributed by atoms with Crippen LogP contribution in [-0.4, -0.2) is 11.1 Å². The molecular weight excluding hydrogens is 423 g/mol. The van der Waals surface area contributed by atoms with E-state index in [-0.39, 0.29) is 10.9 Å². The van der Waals surface area contributed by atoms with E-state index in [9.17, 15) is 18.0 Å². The normalized spacial score (nSPS) is 11.6. The molecule has 16 heavy (non-hydrogen) atoms. The van der Waals surface area contributed by atoms with Gasteiger partial charge in [0.2, 0.25) is 0 Å². The van der Waals surface area contributed by atoms with Gasteiger partial charge in [-0.05, 0) is 34.7 Å². The Bertz CT molecular complexity index is 433. The van der Waals surface area contributed by atoms with Crippen LogP contribution in [0.3, 0.4) is 0 Å². The minimum atomic E-state index is -4.55. The number of alkyl halides is 4. The summed E-state index contributed by atoms with van der Waals surface area (Å²) in [6, 6.07) is 1.93. The van der Waals surface area contributed by atoms with Gasteiger partial charge in [-0.3, -0.25) is 4.79 Å². The largest absolute Gasteiger partial charge is 0.417 e. The molecule has 0 heterocycles. The predicted octanol–water partition coefficient (Wildman–Crippen LogP) is 4.54. The van der Waals surface area contributed by atoms with E-state index >= 15 is 0 Å². The van der Waals surface area contributed by atoms with Crippen molar-refractivity contribution in [2.45, 2.75) is 6.18 Å². The summed E-state index contributed by atoms with van der Waals surface area (Å²) in [4.78, 5) is 11.4. The van der Waals surface area contributed by atoms with Crippen molar-refractivity contribution >= 4 is 55.9 Å². The molecule has 0 fully saturated rings. The van der Waals surface area contributed by atoms with Crippen LogP contribution in [0, 0.1) is 3.57 Å². The lowest BCUT2D eigenvalue weighted by atomic mass is 10.1. The molecule has 0 bridgehead atoms. The molecule has 0 unspecified atom stereocenters. The minimum absolute atomic E-state index is 0.0224. The summed E-state index contributed by atoms with van der Waals surface area (Å²) in [5.74, 6) is -0.411. The lowest BCUT2D eigenvalue weighted by molar-refractivity contribution is -0.137. The van der Waals surface area contributed by atoms with E-state index in [1.54, 1.807) is 22.6 Å².